The molecule has 0 N–H and O–H groups in total. The minimum Gasteiger partial charge on any atom is -0.300 e. The van der Waals surface area contributed by atoms with Gasteiger partial charge in [0.2, 0.25) is 0 Å². The van der Waals surface area contributed by atoms with Gasteiger partial charge in [-0.3, -0.25) is 4.79 Å². The highest BCUT2D eigenvalue weighted by molar-refractivity contribution is 5.79. The summed E-state index contributed by atoms with van der Waals surface area (Å²) >= 11 is 0. The van der Waals surface area contributed by atoms with Crippen LogP contribution in [0.1, 0.15) is 96.8 Å². The molecule has 1 unspecified atom stereocenters. The molecule has 0 bridgehead atoms. The van der Waals surface area contributed by atoms with Gasteiger partial charge in [0, 0.05) is 12.8 Å². The van der Waals surface area contributed by atoms with Gasteiger partial charge in [-0.25, -0.2) is 0 Å². The van der Waals surface area contributed by atoms with E-state index in [0.29, 0.717) is 5.78 Å². The van der Waals surface area contributed by atoms with Crippen molar-refractivity contribution >= 4 is 5.78 Å². The lowest BCUT2D eigenvalue weighted by Gasteiger charge is -2.35. The van der Waals surface area contributed by atoms with E-state index >= 15 is 0 Å². The Bertz CT molecular complexity index is 275. The third kappa shape index (κ3) is 5.22. The number of ketones is 1. The van der Waals surface area contributed by atoms with Crippen LogP contribution in [0.5, 0.6) is 0 Å². The molecule has 0 aromatic heterocycles. The molecule has 0 heterocycles. The Kier molecular flexibility index (Phi) is 7.10. The van der Waals surface area contributed by atoms with E-state index in [1.54, 1.807) is 0 Å². The lowest BCUT2D eigenvalue weighted by molar-refractivity contribution is -0.122. The van der Waals surface area contributed by atoms with Crippen molar-refractivity contribution in [1.82, 2.24) is 0 Å². The van der Waals surface area contributed by atoms with Gasteiger partial charge in [-0.2, -0.15) is 0 Å². The summed E-state index contributed by atoms with van der Waals surface area (Å²) in [6.45, 7) is 2.29. The summed E-state index contributed by atoms with van der Waals surface area (Å²) in [4.78, 5) is 11.6. The molecule has 2 fully saturated rings. The fraction of sp³-hybridized carbons (Fsp3) is 0.947. The Morgan fingerprint density at radius 2 is 1.65 bits per heavy atom. The molecule has 116 valence electrons. The van der Waals surface area contributed by atoms with Crippen LogP contribution in [0.25, 0.3) is 0 Å². The summed E-state index contributed by atoms with van der Waals surface area (Å²) in [5.41, 5.74) is 0. The maximum Gasteiger partial charge on any atom is 0.133 e. The zero-order valence-electron chi connectivity index (χ0n) is 13.5. The molecule has 0 amide bonds. The highest BCUT2D eigenvalue weighted by Crippen LogP contribution is 2.40. The first-order valence-electron chi connectivity index (χ1n) is 9.31. The first-order chi connectivity index (χ1) is 9.79. The minimum atomic E-state index is 0.541. The fourth-order valence-electron chi connectivity index (χ4n) is 4.45. The zero-order valence-corrected chi connectivity index (χ0v) is 13.5. The van der Waals surface area contributed by atoms with Crippen molar-refractivity contribution in [3.8, 4) is 0 Å². The smallest absolute Gasteiger partial charge is 0.133 e. The van der Waals surface area contributed by atoms with Crippen LogP contribution in [-0.2, 0) is 4.79 Å². The van der Waals surface area contributed by atoms with E-state index < -0.39 is 0 Å². The largest absolute Gasteiger partial charge is 0.300 e. The first-order valence-corrected chi connectivity index (χ1v) is 9.31. The molecule has 0 aliphatic heterocycles. The average Bonchev–Trinajstić information content (AvgIpc) is 2.48. The van der Waals surface area contributed by atoms with Gasteiger partial charge in [-0.05, 0) is 43.4 Å². The quantitative estimate of drug-likeness (QED) is 0.529. The molecule has 0 radical (unpaired) electrons. The summed E-state index contributed by atoms with van der Waals surface area (Å²) < 4.78 is 0. The average molecular weight is 278 g/mol. The van der Waals surface area contributed by atoms with Crippen molar-refractivity contribution in [2.45, 2.75) is 96.8 Å². The predicted octanol–water partition coefficient (Wildman–Crippen LogP) is 5.91. The van der Waals surface area contributed by atoms with Gasteiger partial charge in [-0.15, -0.1) is 0 Å². The van der Waals surface area contributed by atoms with Crippen LogP contribution < -0.4 is 0 Å². The van der Waals surface area contributed by atoms with E-state index in [2.05, 4.69) is 6.92 Å². The third-order valence-electron chi connectivity index (χ3n) is 5.79. The van der Waals surface area contributed by atoms with Crippen molar-refractivity contribution in [3.05, 3.63) is 0 Å². The molecular formula is C19H34O. The molecule has 2 aliphatic rings. The zero-order chi connectivity index (χ0) is 14.2. The van der Waals surface area contributed by atoms with Gasteiger partial charge >= 0.3 is 0 Å². The Labute approximate surface area is 125 Å². The topological polar surface area (TPSA) is 17.1 Å². The van der Waals surface area contributed by atoms with Crippen LogP contribution in [0.15, 0.2) is 0 Å². The van der Waals surface area contributed by atoms with Crippen molar-refractivity contribution < 1.29 is 4.79 Å². The summed E-state index contributed by atoms with van der Waals surface area (Å²) in [6.07, 6.45) is 18.6. The molecule has 0 saturated heterocycles. The van der Waals surface area contributed by atoms with Gasteiger partial charge in [-0.1, -0.05) is 58.3 Å². The predicted molar refractivity (Wildman–Crippen MR) is 85.8 cm³/mol. The van der Waals surface area contributed by atoms with E-state index in [0.717, 1.165) is 30.6 Å². The first kappa shape index (κ1) is 16.0. The standard InChI is InChI=1S/C19H34O/c1-2-3-4-5-6-8-16-11-13-17(14-12-16)18-9-7-10-19(20)15-18/h16-18H,2-15H2,1H3/t16-,17-,18?. The number of carbonyl (C=O) groups excluding carboxylic acids is 1. The lowest BCUT2D eigenvalue weighted by atomic mass is 9.70. The third-order valence-corrected chi connectivity index (χ3v) is 5.79. The second kappa shape index (κ2) is 8.85. The molecule has 0 spiro atoms. The maximum absolute atomic E-state index is 11.6. The number of hydrogen-bond acceptors (Lipinski definition) is 1. The van der Waals surface area contributed by atoms with Crippen molar-refractivity contribution in [2.24, 2.45) is 17.8 Å². The molecule has 1 heteroatoms. The van der Waals surface area contributed by atoms with Gasteiger partial charge < -0.3 is 0 Å². The van der Waals surface area contributed by atoms with Crippen molar-refractivity contribution in [1.29, 1.82) is 0 Å². The molecule has 2 rings (SSSR count). The molecule has 0 aromatic rings. The van der Waals surface area contributed by atoms with Crippen molar-refractivity contribution in [3.63, 3.8) is 0 Å². The normalized spacial score (nSPS) is 31.4. The molecule has 20 heavy (non-hydrogen) atoms. The number of unbranched alkanes of at least 4 members (excludes halogenated alkanes) is 4. The van der Waals surface area contributed by atoms with Crippen LogP contribution in [0.2, 0.25) is 0 Å². The Morgan fingerprint density at radius 3 is 2.35 bits per heavy atom. The number of Topliss-reactive ketones (excluding diaryl/α,β-unsaturated/α-hetero) is 1. The molecular weight excluding hydrogens is 244 g/mol. The van der Waals surface area contributed by atoms with E-state index in [9.17, 15) is 4.79 Å². The van der Waals surface area contributed by atoms with Crippen molar-refractivity contribution in [2.75, 3.05) is 0 Å². The molecule has 0 aromatic carbocycles. The maximum atomic E-state index is 11.6. The Morgan fingerprint density at radius 1 is 0.900 bits per heavy atom. The van der Waals surface area contributed by atoms with Gasteiger partial charge in [0.05, 0.1) is 0 Å². The molecule has 1 nitrogen and oxygen atoms in total. The summed E-state index contributed by atoms with van der Waals surface area (Å²) in [5.74, 6) is 3.18. The van der Waals surface area contributed by atoms with E-state index in [-0.39, 0.29) is 0 Å². The van der Waals surface area contributed by atoms with E-state index in [1.165, 1.54) is 77.0 Å². The van der Waals surface area contributed by atoms with E-state index in [1.807, 2.05) is 0 Å². The molecule has 2 aliphatic carbocycles. The second-order valence-electron chi connectivity index (χ2n) is 7.38. The number of rotatable bonds is 7. The van der Waals surface area contributed by atoms with Crippen LogP contribution in [0.4, 0.5) is 0 Å². The monoisotopic (exact) mass is 278 g/mol. The van der Waals surface area contributed by atoms with Crippen LogP contribution in [-0.4, -0.2) is 5.78 Å². The molecule has 2 saturated carbocycles. The number of hydrogen-bond donors (Lipinski definition) is 0. The summed E-state index contributed by atoms with van der Waals surface area (Å²) in [5, 5.41) is 0. The van der Waals surface area contributed by atoms with Crippen LogP contribution in [0.3, 0.4) is 0 Å². The SMILES string of the molecule is CCCCCCC[C@H]1CC[C@H](C2CCCC(=O)C2)CC1. The Balaban J connectivity index is 1.58. The lowest BCUT2D eigenvalue weighted by Crippen LogP contribution is -2.26. The van der Waals surface area contributed by atoms with Crippen LogP contribution >= 0.6 is 0 Å². The molecule has 1 atom stereocenters. The highest BCUT2D eigenvalue weighted by atomic mass is 16.1. The minimum absolute atomic E-state index is 0.541. The van der Waals surface area contributed by atoms with E-state index in [4.69, 9.17) is 0 Å². The van der Waals surface area contributed by atoms with Gasteiger partial charge in [0.15, 0.2) is 0 Å². The second-order valence-corrected chi connectivity index (χ2v) is 7.38. The Hall–Kier alpha value is -0.330. The van der Waals surface area contributed by atoms with Crippen LogP contribution in [0, 0.1) is 17.8 Å². The van der Waals surface area contributed by atoms with Gasteiger partial charge in [0.25, 0.3) is 0 Å². The highest BCUT2D eigenvalue weighted by Gasteiger charge is 2.30. The number of carbonyl (C=O) groups is 1. The van der Waals surface area contributed by atoms with Gasteiger partial charge in [0.1, 0.15) is 5.78 Å². The fourth-order valence-corrected chi connectivity index (χ4v) is 4.45. The summed E-state index contributed by atoms with van der Waals surface area (Å²) in [6, 6.07) is 0. The summed E-state index contributed by atoms with van der Waals surface area (Å²) in [7, 11) is 0.